The zero-order chi connectivity index (χ0) is 13.8. The van der Waals surface area contributed by atoms with Crippen molar-refractivity contribution in [3.63, 3.8) is 0 Å². The maximum atomic E-state index is 12.2. The molecule has 0 spiro atoms. The normalized spacial score (nSPS) is 18.4. The van der Waals surface area contributed by atoms with Crippen molar-refractivity contribution in [1.82, 2.24) is 4.90 Å². The van der Waals surface area contributed by atoms with Crippen molar-refractivity contribution in [3.8, 4) is 0 Å². The second-order valence-corrected chi connectivity index (χ2v) is 6.35. The van der Waals surface area contributed by atoms with E-state index in [9.17, 15) is 4.79 Å². The van der Waals surface area contributed by atoms with Crippen LogP contribution in [0.15, 0.2) is 47.8 Å². The highest BCUT2D eigenvalue weighted by Crippen LogP contribution is 2.27. The van der Waals surface area contributed by atoms with E-state index >= 15 is 0 Å². The van der Waals surface area contributed by atoms with Crippen molar-refractivity contribution < 1.29 is 4.79 Å². The molecule has 2 nitrogen and oxygen atoms in total. The fourth-order valence-electron chi connectivity index (χ4n) is 2.83. The van der Waals surface area contributed by atoms with Gasteiger partial charge in [-0.15, -0.1) is 11.3 Å². The Balaban J connectivity index is 1.53. The van der Waals surface area contributed by atoms with E-state index in [-0.39, 0.29) is 0 Å². The van der Waals surface area contributed by atoms with Gasteiger partial charge in [-0.1, -0.05) is 36.4 Å². The zero-order valence-corrected chi connectivity index (χ0v) is 12.3. The predicted molar refractivity (Wildman–Crippen MR) is 83.0 cm³/mol. The lowest BCUT2D eigenvalue weighted by Gasteiger charge is -2.16. The summed E-state index contributed by atoms with van der Waals surface area (Å²) >= 11 is 1.73. The molecule has 0 aliphatic carbocycles. The summed E-state index contributed by atoms with van der Waals surface area (Å²) in [6.45, 7) is 1.79. The molecule has 2 aromatic rings. The molecule has 1 aromatic carbocycles. The van der Waals surface area contributed by atoms with E-state index in [1.807, 2.05) is 17.0 Å². The topological polar surface area (TPSA) is 20.3 Å². The first-order chi connectivity index (χ1) is 9.83. The molecule has 20 heavy (non-hydrogen) atoms. The molecule has 1 amide bonds. The maximum absolute atomic E-state index is 12.2. The molecule has 1 fully saturated rings. The van der Waals surface area contributed by atoms with Gasteiger partial charge in [0.2, 0.25) is 5.91 Å². The van der Waals surface area contributed by atoms with Crippen molar-refractivity contribution in [1.29, 1.82) is 0 Å². The van der Waals surface area contributed by atoms with Gasteiger partial charge in [-0.2, -0.15) is 0 Å². The Morgan fingerprint density at radius 2 is 2.05 bits per heavy atom. The smallest absolute Gasteiger partial charge is 0.222 e. The summed E-state index contributed by atoms with van der Waals surface area (Å²) in [7, 11) is 0. The molecule has 1 aliphatic rings. The summed E-state index contributed by atoms with van der Waals surface area (Å²) in [5.74, 6) is 0.818. The lowest BCUT2D eigenvalue weighted by molar-refractivity contribution is -0.130. The van der Waals surface area contributed by atoms with Gasteiger partial charge in [0.1, 0.15) is 0 Å². The average Bonchev–Trinajstić information content (AvgIpc) is 3.17. The third-order valence-electron chi connectivity index (χ3n) is 3.98. The molecule has 1 aromatic heterocycles. The molecule has 1 atom stereocenters. The Morgan fingerprint density at radius 3 is 2.80 bits per heavy atom. The molecule has 2 heterocycles. The molecule has 1 unspecified atom stereocenters. The maximum Gasteiger partial charge on any atom is 0.222 e. The van der Waals surface area contributed by atoms with Gasteiger partial charge in [0.05, 0.1) is 0 Å². The van der Waals surface area contributed by atoms with Gasteiger partial charge in [-0.3, -0.25) is 4.79 Å². The fraction of sp³-hybridized carbons (Fsp3) is 0.353. The van der Waals surface area contributed by atoms with Crippen LogP contribution in [-0.4, -0.2) is 23.9 Å². The van der Waals surface area contributed by atoms with Gasteiger partial charge < -0.3 is 4.90 Å². The van der Waals surface area contributed by atoms with E-state index in [2.05, 4.69) is 35.7 Å². The standard InChI is InChI=1S/C17H19NOS/c19-17(9-8-16-7-4-12-20-16)18-11-10-15(13-18)14-5-2-1-3-6-14/h1-7,12,15H,8-11,13H2. The number of benzene rings is 1. The second kappa shape index (κ2) is 6.23. The molecule has 0 bridgehead atoms. The lowest BCUT2D eigenvalue weighted by atomic mass is 9.99. The van der Waals surface area contributed by atoms with Crippen LogP contribution in [-0.2, 0) is 11.2 Å². The van der Waals surface area contributed by atoms with Crippen molar-refractivity contribution in [3.05, 3.63) is 58.3 Å². The largest absolute Gasteiger partial charge is 0.342 e. The first-order valence-electron chi connectivity index (χ1n) is 7.18. The zero-order valence-electron chi connectivity index (χ0n) is 11.5. The number of aryl methyl sites for hydroxylation is 1. The Morgan fingerprint density at radius 1 is 1.20 bits per heavy atom. The van der Waals surface area contributed by atoms with Gasteiger partial charge in [-0.25, -0.2) is 0 Å². The molecule has 1 saturated heterocycles. The highest BCUT2D eigenvalue weighted by molar-refractivity contribution is 7.09. The minimum atomic E-state index is 0.303. The summed E-state index contributed by atoms with van der Waals surface area (Å²) in [5.41, 5.74) is 1.36. The fourth-order valence-corrected chi connectivity index (χ4v) is 3.54. The van der Waals surface area contributed by atoms with Crippen LogP contribution in [0.2, 0.25) is 0 Å². The van der Waals surface area contributed by atoms with Crippen LogP contribution in [0.25, 0.3) is 0 Å². The van der Waals surface area contributed by atoms with Crippen LogP contribution >= 0.6 is 11.3 Å². The Hall–Kier alpha value is -1.61. The SMILES string of the molecule is O=C(CCc1cccs1)N1CCC(c2ccccc2)C1. The molecular formula is C17H19NOS. The average molecular weight is 285 g/mol. The number of rotatable bonds is 4. The minimum Gasteiger partial charge on any atom is -0.342 e. The summed E-state index contributed by atoms with van der Waals surface area (Å²) in [5, 5.41) is 2.07. The van der Waals surface area contributed by atoms with Crippen molar-refractivity contribution in [2.45, 2.75) is 25.2 Å². The number of hydrogen-bond acceptors (Lipinski definition) is 2. The van der Waals surface area contributed by atoms with Crippen LogP contribution < -0.4 is 0 Å². The molecule has 1 aliphatic heterocycles. The van der Waals surface area contributed by atoms with E-state index in [1.54, 1.807) is 11.3 Å². The van der Waals surface area contributed by atoms with E-state index in [0.29, 0.717) is 18.2 Å². The van der Waals surface area contributed by atoms with E-state index in [4.69, 9.17) is 0 Å². The quantitative estimate of drug-likeness (QED) is 0.839. The highest BCUT2D eigenvalue weighted by atomic mass is 32.1. The molecule has 0 radical (unpaired) electrons. The second-order valence-electron chi connectivity index (χ2n) is 5.32. The van der Waals surface area contributed by atoms with Gasteiger partial charge in [0, 0.05) is 30.3 Å². The number of amides is 1. The van der Waals surface area contributed by atoms with Crippen LogP contribution in [0.1, 0.15) is 29.2 Å². The van der Waals surface area contributed by atoms with Gasteiger partial charge in [0.25, 0.3) is 0 Å². The van der Waals surface area contributed by atoms with Crippen LogP contribution in [0, 0.1) is 0 Å². The predicted octanol–water partition coefficient (Wildman–Crippen LogP) is 3.70. The number of hydrogen-bond donors (Lipinski definition) is 0. The Bertz CT molecular complexity index is 550. The summed E-state index contributed by atoms with van der Waals surface area (Å²) < 4.78 is 0. The number of nitrogens with zero attached hydrogens (tertiary/aromatic N) is 1. The Labute approximate surface area is 124 Å². The molecule has 104 valence electrons. The van der Waals surface area contributed by atoms with Gasteiger partial charge in [0.15, 0.2) is 0 Å². The molecule has 0 N–H and O–H groups in total. The molecule has 3 heteroatoms. The molecule has 0 saturated carbocycles. The van der Waals surface area contributed by atoms with Crippen molar-refractivity contribution >= 4 is 17.2 Å². The molecular weight excluding hydrogens is 266 g/mol. The first-order valence-corrected chi connectivity index (χ1v) is 8.06. The van der Waals surface area contributed by atoms with E-state index in [1.165, 1.54) is 10.4 Å². The van der Waals surface area contributed by atoms with Gasteiger partial charge >= 0.3 is 0 Å². The molecule has 3 rings (SSSR count). The summed E-state index contributed by atoms with van der Waals surface area (Å²) in [6.07, 6.45) is 2.61. The minimum absolute atomic E-state index is 0.303. The third kappa shape index (κ3) is 3.10. The number of carbonyl (C=O) groups excluding carboxylic acids is 1. The number of thiophene rings is 1. The van der Waals surface area contributed by atoms with E-state index < -0.39 is 0 Å². The lowest BCUT2D eigenvalue weighted by Crippen LogP contribution is -2.28. The highest BCUT2D eigenvalue weighted by Gasteiger charge is 2.26. The Kier molecular flexibility index (Phi) is 4.16. The number of carbonyl (C=O) groups is 1. The van der Waals surface area contributed by atoms with E-state index in [0.717, 1.165) is 25.9 Å². The number of likely N-dealkylation sites (tertiary alicyclic amines) is 1. The van der Waals surface area contributed by atoms with Crippen LogP contribution in [0.3, 0.4) is 0 Å². The van der Waals surface area contributed by atoms with Crippen molar-refractivity contribution in [2.24, 2.45) is 0 Å². The summed E-state index contributed by atoms with van der Waals surface area (Å²) in [4.78, 5) is 15.6. The van der Waals surface area contributed by atoms with Crippen LogP contribution in [0.4, 0.5) is 0 Å². The van der Waals surface area contributed by atoms with Crippen molar-refractivity contribution in [2.75, 3.05) is 13.1 Å². The monoisotopic (exact) mass is 285 g/mol. The van der Waals surface area contributed by atoms with Crippen LogP contribution in [0.5, 0.6) is 0 Å². The third-order valence-corrected chi connectivity index (χ3v) is 4.91. The summed E-state index contributed by atoms with van der Waals surface area (Å²) in [6, 6.07) is 14.7. The van der Waals surface area contributed by atoms with Gasteiger partial charge in [-0.05, 0) is 29.9 Å². The first kappa shape index (κ1) is 13.4.